The third-order valence-corrected chi connectivity index (χ3v) is 6.86. The van der Waals surface area contributed by atoms with E-state index < -0.39 is 0 Å². The van der Waals surface area contributed by atoms with Gasteiger partial charge in [-0.2, -0.15) is 0 Å². The predicted octanol–water partition coefficient (Wildman–Crippen LogP) is 8.17. The van der Waals surface area contributed by atoms with Gasteiger partial charge in [-0.25, -0.2) is 0 Å². The van der Waals surface area contributed by atoms with Crippen molar-refractivity contribution in [3.8, 4) is 0 Å². The smallest absolute Gasteiger partial charge is 0.0594 e. The van der Waals surface area contributed by atoms with E-state index in [-0.39, 0.29) is 17.6 Å². The molecule has 0 bridgehead atoms. The Morgan fingerprint density at radius 1 is 0.633 bits per heavy atom. The Morgan fingerprint density at radius 2 is 1.17 bits per heavy atom. The lowest BCUT2D eigenvalue weighted by atomic mass is 9.80. The molecule has 0 spiro atoms. The molecule has 0 aliphatic rings. The molecule has 0 nitrogen and oxygen atoms in total. The fourth-order valence-electron chi connectivity index (χ4n) is 3.81. The molecule has 0 radical (unpaired) electrons. The van der Waals surface area contributed by atoms with Gasteiger partial charge in [-0.3, -0.25) is 0 Å². The summed E-state index contributed by atoms with van der Waals surface area (Å²) in [4.78, 5) is 0. The minimum absolute atomic E-state index is 0. The number of rotatable bonds is 5. The van der Waals surface area contributed by atoms with Crippen LogP contribution in [0.4, 0.5) is 0 Å². The van der Waals surface area contributed by atoms with Crippen LogP contribution in [0.3, 0.4) is 0 Å². The van der Waals surface area contributed by atoms with E-state index in [1.54, 1.807) is 0 Å². The highest BCUT2D eigenvalue weighted by Gasteiger charge is 2.33. The highest BCUT2D eigenvalue weighted by molar-refractivity contribution is 7.19. The fourth-order valence-corrected chi connectivity index (χ4v) is 4.95. The molecule has 0 saturated carbocycles. The number of halogens is 3. The molecule has 0 amide bonds. The topological polar surface area (TPSA) is 0 Å². The van der Waals surface area contributed by atoms with Crippen LogP contribution in [0.2, 0.25) is 10.0 Å². The molecule has 0 N–H and O–H groups in total. The van der Waals surface area contributed by atoms with Crippen LogP contribution < -0.4 is 0 Å². The monoisotopic (exact) mass is 470 g/mol. The van der Waals surface area contributed by atoms with E-state index in [1.807, 2.05) is 18.2 Å². The molecule has 4 rings (SSSR count). The first-order valence-electron chi connectivity index (χ1n) is 9.51. The van der Waals surface area contributed by atoms with Crippen LogP contribution in [0.15, 0.2) is 103 Å². The van der Waals surface area contributed by atoms with Crippen LogP contribution in [-0.4, -0.2) is 0 Å². The molecule has 0 aliphatic heterocycles. The van der Waals surface area contributed by atoms with Crippen LogP contribution in [0.5, 0.6) is 0 Å². The zero-order chi connectivity index (χ0) is 20.3. The van der Waals surface area contributed by atoms with Gasteiger partial charge in [0.1, 0.15) is 0 Å². The SMILES string of the molecule is Cl.PC(c1ccccc1)(c1ccccc1)c1ccccc1Cc1ccc(Cl)cc1Cl. The molecule has 0 aliphatic carbocycles. The van der Waals surface area contributed by atoms with Crippen LogP contribution in [-0.2, 0) is 11.6 Å². The Kier molecular flexibility index (Phi) is 7.61. The zero-order valence-corrected chi connectivity index (χ0v) is 19.7. The van der Waals surface area contributed by atoms with Gasteiger partial charge in [0.2, 0.25) is 0 Å². The average molecular weight is 472 g/mol. The van der Waals surface area contributed by atoms with Gasteiger partial charge in [-0.15, -0.1) is 21.6 Å². The first-order valence-corrected chi connectivity index (χ1v) is 10.8. The molecule has 4 aromatic carbocycles. The van der Waals surface area contributed by atoms with Crippen molar-refractivity contribution >= 4 is 44.8 Å². The fraction of sp³-hybridized carbons (Fsp3) is 0.0769. The van der Waals surface area contributed by atoms with Crippen molar-refractivity contribution in [1.29, 1.82) is 0 Å². The molecule has 4 aromatic rings. The summed E-state index contributed by atoms with van der Waals surface area (Å²) in [6, 6.07) is 35.5. The van der Waals surface area contributed by atoms with E-state index in [0.717, 1.165) is 12.0 Å². The number of hydrogen-bond donors (Lipinski definition) is 0. The molecule has 30 heavy (non-hydrogen) atoms. The summed E-state index contributed by atoms with van der Waals surface area (Å²) in [5.41, 5.74) is 6.00. The Balaban J connectivity index is 0.00000256. The lowest BCUT2D eigenvalue weighted by Crippen LogP contribution is -2.23. The largest absolute Gasteiger partial charge is 0.147 e. The Bertz CT molecular complexity index is 1070. The summed E-state index contributed by atoms with van der Waals surface area (Å²) in [6.07, 6.45) is 0.738. The summed E-state index contributed by atoms with van der Waals surface area (Å²) in [7, 11) is 3.13. The molecule has 0 saturated heterocycles. The Morgan fingerprint density at radius 3 is 1.73 bits per heavy atom. The third kappa shape index (κ3) is 4.58. The summed E-state index contributed by atoms with van der Waals surface area (Å²) >= 11 is 12.6. The third-order valence-electron chi connectivity index (χ3n) is 5.30. The quantitative estimate of drug-likeness (QED) is 0.203. The lowest BCUT2D eigenvalue weighted by Gasteiger charge is -2.33. The normalized spacial score (nSPS) is 11.0. The highest BCUT2D eigenvalue weighted by atomic mass is 35.5. The average Bonchev–Trinajstić information content (AvgIpc) is 2.77. The van der Waals surface area contributed by atoms with Gasteiger partial charge in [0, 0.05) is 10.0 Å². The van der Waals surface area contributed by atoms with E-state index in [4.69, 9.17) is 23.2 Å². The van der Waals surface area contributed by atoms with Crippen molar-refractivity contribution in [3.05, 3.63) is 141 Å². The van der Waals surface area contributed by atoms with Gasteiger partial charge in [0.25, 0.3) is 0 Å². The Labute approximate surface area is 196 Å². The molecule has 0 aromatic heterocycles. The number of hydrogen-bond acceptors (Lipinski definition) is 0. The maximum atomic E-state index is 6.49. The second kappa shape index (κ2) is 9.99. The minimum Gasteiger partial charge on any atom is -0.147 e. The van der Waals surface area contributed by atoms with Crippen molar-refractivity contribution in [2.45, 2.75) is 11.6 Å². The molecular weight excluding hydrogens is 450 g/mol. The standard InChI is InChI=1S/C26H21Cl2P.ClH/c27-23-16-15-20(25(28)18-23)17-19-9-7-8-14-24(19)26(29,21-10-3-1-4-11-21)22-12-5-2-6-13-22;/h1-16,18H,17,29H2;1H. The van der Waals surface area contributed by atoms with E-state index >= 15 is 0 Å². The van der Waals surface area contributed by atoms with Gasteiger partial charge in [0.15, 0.2) is 0 Å². The van der Waals surface area contributed by atoms with Crippen molar-refractivity contribution in [1.82, 2.24) is 0 Å². The first kappa shape index (κ1) is 22.9. The maximum absolute atomic E-state index is 6.49. The van der Waals surface area contributed by atoms with Crippen LogP contribution in [0.25, 0.3) is 0 Å². The molecule has 0 heterocycles. The van der Waals surface area contributed by atoms with E-state index in [1.165, 1.54) is 22.3 Å². The number of benzene rings is 4. The zero-order valence-electron chi connectivity index (χ0n) is 16.3. The molecule has 4 heteroatoms. The van der Waals surface area contributed by atoms with Crippen LogP contribution >= 0.6 is 44.8 Å². The molecule has 0 fully saturated rings. The predicted molar refractivity (Wildman–Crippen MR) is 135 cm³/mol. The summed E-state index contributed by atoms with van der Waals surface area (Å²) in [5, 5.41) is 0.986. The summed E-state index contributed by atoms with van der Waals surface area (Å²) in [6.45, 7) is 0. The summed E-state index contributed by atoms with van der Waals surface area (Å²) in [5.74, 6) is 0. The van der Waals surface area contributed by atoms with Gasteiger partial charge in [-0.05, 0) is 46.4 Å². The van der Waals surface area contributed by atoms with Crippen molar-refractivity contribution < 1.29 is 0 Å². The molecule has 1 atom stereocenters. The van der Waals surface area contributed by atoms with Crippen LogP contribution in [0, 0.1) is 0 Å². The second-order valence-electron chi connectivity index (χ2n) is 7.11. The van der Waals surface area contributed by atoms with Gasteiger partial charge in [-0.1, -0.05) is 114 Å². The van der Waals surface area contributed by atoms with Gasteiger partial charge < -0.3 is 0 Å². The second-order valence-corrected chi connectivity index (χ2v) is 8.82. The lowest BCUT2D eigenvalue weighted by molar-refractivity contribution is 0.875. The van der Waals surface area contributed by atoms with Gasteiger partial charge in [0.05, 0.1) is 5.16 Å². The minimum atomic E-state index is -0.363. The molecule has 1 unspecified atom stereocenters. The first-order chi connectivity index (χ1) is 14.1. The van der Waals surface area contributed by atoms with E-state index in [2.05, 4.69) is 94.2 Å². The van der Waals surface area contributed by atoms with Crippen molar-refractivity contribution in [3.63, 3.8) is 0 Å². The van der Waals surface area contributed by atoms with Gasteiger partial charge >= 0.3 is 0 Å². The Hall–Kier alpha value is -1.82. The maximum Gasteiger partial charge on any atom is 0.0594 e. The molecular formula is C26H22Cl3P. The van der Waals surface area contributed by atoms with E-state index in [9.17, 15) is 0 Å². The highest BCUT2D eigenvalue weighted by Crippen LogP contribution is 2.46. The van der Waals surface area contributed by atoms with Crippen molar-refractivity contribution in [2.75, 3.05) is 0 Å². The molecule has 152 valence electrons. The van der Waals surface area contributed by atoms with Crippen LogP contribution in [0.1, 0.15) is 27.8 Å². The summed E-state index contributed by atoms with van der Waals surface area (Å²) < 4.78 is 0. The van der Waals surface area contributed by atoms with Crippen molar-refractivity contribution in [2.24, 2.45) is 0 Å². The van der Waals surface area contributed by atoms with E-state index in [0.29, 0.717) is 10.0 Å².